The van der Waals surface area contributed by atoms with Gasteiger partial charge in [-0.2, -0.15) is 0 Å². The molecule has 5 nitrogen and oxygen atoms in total. The molecule has 0 bridgehead atoms. The number of hydrogen-bond acceptors (Lipinski definition) is 4. The van der Waals surface area contributed by atoms with Crippen molar-refractivity contribution in [3.8, 4) is 0 Å². The fourth-order valence-electron chi connectivity index (χ4n) is 2.28. The van der Waals surface area contributed by atoms with E-state index in [1.54, 1.807) is 0 Å². The van der Waals surface area contributed by atoms with E-state index >= 15 is 0 Å². The van der Waals surface area contributed by atoms with E-state index in [1.165, 1.54) is 18.7 Å². The number of aliphatic hydroxyl groups excluding tert-OH is 1. The molecule has 92 valence electrons. The molecule has 1 saturated carbocycles. The highest BCUT2D eigenvalue weighted by Gasteiger charge is 2.26. The minimum absolute atomic E-state index is 0.0708. The second-order valence-corrected chi connectivity index (χ2v) is 4.43. The summed E-state index contributed by atoms with van der Waals surface area (Å²) in [4.78, 5) is 19.5. The van der Waals surface area contributed by atoms with Crippen LogP contribution in [0.2, 0.25) is 0 Å². The average molecular weight is 235 g/mol. The molecule has 0 saturated heterocycles. The molecule has 1 heterocycles. The first kappa shape index (κ1) is 12.0. The maximum Gasteiger partial charge on any atom is 0.254 e. The van der Waals surface area contributed by atoms with Gasteiger partial charge >= 0.3 is 0 Å². The van der Waals surface area contributed by atoms with Gasteiger partial charge in [-0.05, 0) is 12.8 Å². The van der Waals surface area contributed by atoms with Gasteiger partial charge in [-0.3, -0.25) is 4.79 Å². The fraction of sp³-hybridized carbons (Fsp3) is 0.583. The topological polar surface area (TPSA) is 75.1 Å². The van der Waals surface area contributed by atoms with Crippen LogP contribution < -0.4 is 5.32 Å². The summed E-state index contributed by atoms with van der Waals surface area (Å²) >= 11 is 0. The van der Waals surface area contributed by atoms with Crippen molar-refractivity contribution in [2.45, 2.75) is 31.7 Å². The number of amides is 1. The summed E-state index contributed by atoms with van der Waals surface area (Å²) in [6, 6.07) is 0.0708. The molecule has 2 N–H and O–H groups in total. The van der Waals surface area contributed by atoms with E-state index < -0.39 is 0 Å². The first-order chi connectivity index (χ1) is 8.31. The number of rotatable bonds is 3. The van der Waals surface area contributed by atoms with E-state index in [2.05, 4.69) is 15.3 Å². The molecule has 2 rings (SSSR count). The molecular formula is C12H17N3O2. The summed E-state index contributed by atoms with van der Waals surface area (Å²) in [5.74, 6) is 0.0216. The zero-order valence-corrected chi connectivity index (χ0v) is 9.67. The quantitative estimate of drug-likeness (QED) is 0.811. The van der Waals surface area contributed by atoms with E-state index in [9.17, 15) is 9.90 Å². The van der Waals surface area contributed by atoms with Crippen LogP contribution >= 0.6 is 0 Å². The highest BCUT2D eigenvalue weighted by molar-refractivity contribution is 5.93. The van der Waals surface area contributed by atoms with Gasteiger partial charge in [0.25, 0.3) is 5.91 Å². The van der Waals surface area contributed by atoms with Crippen molar-refractivity contribution >= 4 is 5.91 Å². The van der Waals surface area contributed by atoms with Gasteiger partial charge in [0.15, 0.2) is 0 Å². The normalized spacial score (nSPS) is 24.3. The second kappa shape index (κ2) is 5.72. The van der Waals surface area contributed by atoms with Gasteiger partial charge in [0, 0.05) is 31.0 Å². The predicted octanol–water partition coefficient (Wildman–Crippen LogP) is 0.757. The third-order valence-electron chi connectivity index (χ3n) is 3.28. The third kappa shape index (κ3) is 3.00. The van der Waals surface area contributed by atoms with Gasteiger partial charge in [0.2, 0.25) is 0 Å². The monoisotopic (exact) mass is 235 g/mol. The Balaban J connectivity index is 1.98. The smallest absolute Gasteiger partial charge is 0.254 e. The molecule has 5 heteroatoms. The Labute approximate surface area is 100 Å². The van der Waals surface area contributed by atoms with Crippen molar-refractivity contribution < 1.29 is 9.90 Å². The number of carbonyl (C=O) groups is 1. The van der Waals surface area contributed by atoms with E-state index in [-0.39, 0.29) is 24.5 Å². The molecule has 0 aromatic carbocycles. The molecule has 0 radical (unpaired) electrons. The fourth-order valence-corrected chi connectivity index (χ4v) is 2.28. The Morgan fingerprint density at radius 2 is 2.06 bits per heavy atom. The highest BCUT2D eigenvalue weighted by Crippen LogP contribution is 2.24. The van der Waals surface area contributed by atoms with E-state index in [0.717, 1.165) is 25.7 Å². The van der Waals surface area contributed by atoms with Crippen LogP contribution in [-0.2, 0) is 0 Å². The Bertz CT molecular complexity index is 369. The molecule has 1 aliphatic rings. The zero-order valence-electron chi connectivity index (χ0n) is 9.67. The SMILES string of the molecule is O=C(NC1CCCCC1CO)c1cncnc1. The lowest BCUT2D eigenvalue weighted by molar-refractivity contribution is 0.0872. The number of aromatic nitrogens is 2. The standard InChI is InChI=1S/C12H17N3O2/c16-7-9-3-1-2-4-11(9)15-12(17)10-5-13-8-14-6-10/h5-6,8-9,11,16H,1-4,7H2,(H,15,17). The second-order valence-electron chi connectivity index (χ2n) is 4.43. The molecule has 1 fully saturated rings. The summed E-state index contributed by atoms with van der Waals surface area (Å²) in [5.41, 5.74) is 0.467. The molecule has 0 spiro atoms. The number of carbonyl (C=O) groups excluding carboxylic acids is 1. The van der Waals surface area contributed by atoms with Gasteiger partial charge in [-0.25, -0.2) is 9.97 Å². The van der Waals surface area contributed by atoms with Gasteiger partial charge in [0.05, 0.1) is 5.56 Å². The van der Waals surface area contributed by atoms with Gasteiger partial charge in [-0.15, -0.1) is 0 Å². The summed E-state index contributed by atoms with van der Waals surface area (Å²) in [5, 5.41) is 12.2. The molecule has 1 aliphatic carbocycles. The maximum absolute atomic E-state index is 11.9. The molecule has 1 aromatic rings. The van der Waals surface area contributed by atoms with Gasteiger partial charge in [0.1, 0.15) is 6.33 Å². The number of nitrogens with one attached hydrogen (secondary N) is 1. The summed E-state index contributed by atoms with van der Waals surface area (Å²) < 4.78 is 0. The highest BCUT2D eigenvalue weighted by atomic mass is 16.3. The Kier molecular flexibility index (Phi) is 4.03. The van der Waals surface area contributed by atoms with Crippen LogP contribution in [0, 0.1) is 5.92 Å². The number of hydrogen-bond donors (Lipinski definition) is 2. The first-order valence-corrected chi connectivity index (χ1v) is 5.98. The van der Waals surface area contributed by atoms with Crippen molar-refractivity contribution in [2.24, 2.45) is 5.92 Å². The number of nitrogens with zero attached hydrogens (tertiary/aromatic N) is 2. The lowest BCUT2D eigenvalue weighted by Crippen LogP contribution is -2.43. The third-order valence-corrected chi connectivity index (χ3v) is 3.28. The molecule has 0 aliphatic heterocycles. The van der Waals surface area contributed by atoms with Crippen LogP contribution in [0.15, 0.2) is 18.7 Å². The van der Waals surface area contributed by atoms with Crippen LogP contribution in [0.25, 0.3) is 0 Å². The van der Waals surface area contributed by atoms with Crippen molar-refractivity contribution in [3.05, 3.63) is 24.3 Å². The molecule has 1 aromatic heterocycles. The largest absolute Gasteiger partial charge is 0.396 e. The van der Waals surface area contributed by atoms with Gasteiger partial charge in [-0.1, -0.05) is 12.8 Å². The lowest BCUT2D eigenvalue weighted by Gasteiger charge is -2.30. The zero-order chi connectivity index (χ0) is 12.1. The van der Waals surface area contributed by atoms with Crippen LogP contribution in [-0.4, -0.2) is 33.6 Å². The Morgan fingerprint density at radius 1 is 1.35 bits per heavy atom. The molecule has 1 amide bonds. The van der Waals surface area contributed by atoms with Gasteiger partial charge < -0.3 is 10.4 Å². The Hall–Kier alpha value is -1.49. The average Bonchev–Trinajstić information content (AvgIpc) is 2.40. The summed E-state index contributed by atoms with van der Waals surface area (Å²) in [7, 11) is 0. The molecule has 2 atom stereocenters. The van der Waals surface area contributed by atoms with Crippen LogP contribution in [0.4, 0.5) is 0 Å². The first-order valence-electron chi connectivity index (χ1n) is 5.98. The van der Waals surface area contributed by atoms with E-state index in [4.69, 9.17) is 0 Å². The lowest BCUT2D eigenvalue weighted by atomic mass is 9.85. The van der Waals surface area contributed by atoms with Crippen LogP contribution in [0.3, 0.4) is 0 Å². The molecular weight excluding hydrogens is 218 g/mol. The van der Waals surface area contributed by atoms with Crippen molar-refractivity contribution in [1.82, 2.24) is 15.3 Å². The van der Waals surface area contributed by atoms with E-state index in [0.29, 0.717) is 5.56 Å². The van der Waals surface area contributed by atoms with E-state index in [1.807, 2.05) is 0 Å². The predicted molar refractivity (Wildman–Crippen MR) is 62.3 cm³/mol. The van der Waals surface area contributed by atoms with Crippen LogP contribution in [0.5, 0.6) is 0 Å². The summed E-state index contributed by atoms with van der Waals surface area (Å²) in [6.07, 6.45) is 8.54. The van der Waals surface area contributed by atoms with Crippen molar-refractivity contribution in [2.75, 3.05) is 6.61 Å². The molecule has 2 unspecified atom stereocenters. The minimum Gasteiger partial charge on any atom is -0.396 e. The van der Waals surface area contributed by atoms with Crippen LogP contribution in [0.1, 0.15) is 36.0 Å². The Morgan fingerprint density at radius 3 is 2.76 bits per heavy atom. The van der Waals surface area contributed by atoms with Crippen molar-refractivity contribution in [3.63, 3.8) is 0 Å². The van der Waals surface area contributed by atoms with Crippen molar-refractivity contribution in [1.29, 1.82) is 0 Å². The summed E-state index contributed by atoms with van der Waals surface area (Å²) in [6.45, 7) is 0.135. The molecule has 17 heavy (non-hydrogen) atoms. The number of aliphatic hydroxyl groups is 1. The minimum atomic E-state index is -0.157. The maximum atomic E-state index is 11.9.